The van der Waals surface area contributed by atoms with Crippen molar-refractivity contribution in [2.45, 2.75) is 6.92 Å². The molecule has 0 saturated carbocycles. The van der Waals surface area contributed by atoms with Gasteiger partial charge in [-0.1, -0.05) is 13.0 Å². The second-order valence-electron chi connectivity index (χ2n) is 1.70. The zero-order valence-corrected chi connectivity index (χ0v) is 8.25. The molecule has 0 saturated heterocycles. The normalized spacial score (nSPS) is 6.08. The van der Waals surface area contributed by atoms with Crippen LogP contribution < -0.4 is 37.7 Å². The van der Waals surface area contributed by atoms with Crippen LogP contribution in [-0.4, -0.2) is 0 Å². The first-order chi connectivity index (χ1) is 4.93. The van der Waals surface area contributed by atoms with Crippen LogP contribution in [0, 0.1) is 13.0 Å². The Morgan fingerprint density at radius 2 is 1.50 bits per heavy atom. The topological polar surface area (TPSA) is 0 Å². The minimum atomic E-state index is 0. The van der Waals surface area contributed by atoms with Crippen molar-refractivity contribution in [2.75, 3.05) is 0 Å². The predicted octanol–water partition coefficient (Wildman–Crippen LogP) is -3.13. The Morgan fingerprint density at radius 1 is 1.08 bits per heavy atom. The number of hydrogen-bond acceptors (Lipinski definition) is 0. The molecule has 0 nitrogen and oxygen atoms in total. The molecule has 1 rings (SSSR count). The third-order valence-electron chi connectivity index (χ3n) is 1.13. The molecule has 0 aromatic heterocycles. The van der Waals surface area contributed by atoms with E-state index in [1.54, 1.807) is 0 Å². The number of rotatable bonds is 1. The summed E-state index contributed by atoms with van der Waals surface area (Å²) in [7, 11) is 0. The SMILES string of the molecule is C[CH-]c1ccccc1.[CH-]=C.[Li+].[Li+]. The van der Waals surface area contributed by atoms with Gasteiger partial charge in [0.2, 0.25) is 0 Å². The third kappa shape index (κ3) is 8.12. The standard InChI is InChI=1S/C8H9.C2H3.2Li/c1-2-8-6-4-3-5-7-8;1-2;;/h2-7H,1H3;1H,2H2;;/q2*-1;2*+1. The van der Waals surface area contributed by atoms with Gasteiger partial charge in [-0.25, -0.2) is 0 Å². The molecule has 0 atom stereocenters. The number of hydrogen-bond donors (Lipinski definition) is 0. The Bertz CT molecular complexity index is 161. The van der Waals surface area contributed by atoms with E-state index >= 15 is 0 Å². The molecule has 0 spiro atoms. The summed E-state index contributed by atoms with van der Waals surface area (Å²) < 4.78 is 0. The molecule has 12 heavy (non-hydrogen) atoms. The summed E-state index contributed by atoms with van der Waals surface area (Å²) in [5, 5.41) is 0. The van der Waals surface area contributed by atoms with Crippen LogP contribution in [0.25, 0.3) is 0 Å². The molecule has 0 aliphatic carbocycles. The van der Waals surface area contributed by atoms with Gasteiger partial charge in [0.15, 0.2) is 0 Å². The van der Waals surface area contributed by atoms with Crippen LogP contribution in [0.15, 0.2) is 36.9 Å². The Kier molecular flexibility index (Phi) is 20.3. The van der Waals surface area contributed by atoms with Crippen LogP contribution in [0.4, 0.5) is 0 Å². The monoisotopic (exact) mass is 146 g/mol. The second-order valence-corrected chi connectivity index (χ2v) is 1.70. The van der Waals surface area contributed by atoms with Crippen LogP contribution in [0.5, 0.6) is 0 Å². The molecule has 0 N–H and O–H groups in total. The van der Waals surface area contributed by atoms with Crippen LogP contribution in [0.1, 0.15) is 12.5 Å². The molecular weight excluding hydrogens is 134 g/mol. The first kappa shape index (κ1) is 17.9. The summed E-state index contributed by atoms with van der Waals surface area (Å²) in [6.45, 7) is 9.04. The van der Waals surface area contributed by atoms with Gasteiger partial charge >= 0.3 is 37.7 Å². The first-order valence-electron chi connectivity index (χ1n) is 3.18. The van der Waals surface area contributed by atoms with Crippen molar-refractivity contribution in [3.05, 3.63) is 55.5 Å². The van der Waals surface area contributed by atoms with E-state index in [4.69, 9.17) is 0 Å². The average Bonchev–Trinajstić information content (AvgIpc) is 2.10. The fraction of sp³-hybridized carbons (Fsp3) is 0.100. The molecule has 0 aliphatic rings. The zero-order chi connectivity index (χ0) is 7.82. The molecule has 0 amide bonds. The van der Waals surface area contributed by atoms with Crippen molar-refractivity contribution in [2.24, 2.45) is 0 Å². The van der Waals surface area contributed by atoms with Gasteiger partial charge in [0.05, 0.1) is 0 Å². The Morgan fingerprint density at radius 3 is 1.75 bits per heavy atom. The van der Waals surface area contributed by atoms with E-state index in [9.17, 15) is 0 Å². The quantitative estimate of drug-likeness (QED) is 0.290. The molecule has 1 aromatic carbocycles. The fourth-order valence-corrected chi connectivity index (χ4v) is 0.645. The van der Waals surface area contributed by atoms with Gasteiger partial charge in [-0.05, 0) is 0 Å². The minimum Gasteiger partial charge on any atom is -0.521 e. The Balaban J connectivity index is -0.000000189. The maximum absolute atomic E-state index is 4.25. The van der Waals surface area contributed by atoms with Crippen molar-refractivity contribution >= 4 is 0 Å². The second kappa shape index (κ2) is 13.6. The van der Waals surface area contributed by atoms with Gasteiger partial charge < -0.3 is 6.58 Å². The summed E-state index contributed by atoms with van der Waals surface area (Å²) in [5.41, 5.74) is 1.28. The van der Waals surface area contributed by atoms with E-state index in [1.807, 2.05) is 25.1 Å². The minimum absolute atomic E-state index is 0. The molecule has 2 heteroatoms. The van der Waals surface area contributed by atoms with Crippen LogP contribution >= 0.6 is 0 Å². The summed E-state index contributed by atoms with van der Waals surface area (Å²) in [6, 6.07) is 10.3. The van der Waals surface area contributed by atoms with E-state index in [0.29, 0.717) is 0 Å². The van der Waals surface area contributed by atoms with Gasteiger partial charge in [-0.3, -0.25) is 6.58 Å². The van der Waals surface area contributed by atoms with Gasteiger partial charge in [-0.2, -0.15) is 24.1 Å². The summed E-state index contributed by atoms with van der Waals surface area (Å²) in [5.74, 6) is 0. The van der Waals surface area contributed by atoms with Crippen LogP contribution in [0.3, 0.4) is 0 Å². The molecule has 1 aromatic rings. The first-order valence-corrected chi connectivity index (χ1v) is 3.18. The van der Waals surface area contributed by atoms with Crippen molar-refractivity contribution in [1.82, 2.24) is 0 Å². The molecule has 0 heterocycles. The van der Waals surface area contributed by atoms with Gasteiger partial charge in [0.25, 0.3) is 0 Å². The predicted molar refractivity (Wildman–Crippen MR) is 45.4 cm³/mol. The van der Waals surface area contributed by atoms with Crippen LogP contribution in [0.2, 0.25) is 0 Å². The molecule has 0 bridgehead atoms. The van der Waals surface area contributed by atoms with E-state index < -0.39 is 0 Å². The molecule has 0 fully saturated rings. The van der Waals surface area contributed by atoms with Crippen molar-refractivity contribution < 1.29 is 37.7 Å². The number of benzene rings is 1. The third-order valence-corrected chi connectivity index (χ3v) is 1.13. The molecule has 0 aliphatic heterocycles. The molecule has 0 unspecified atom stereocenters. The largest absolute Gasteiger partial charge is 1.00 e. The summed E-state index contributed by atoms with van der Waals surface area (Å²) in [6.07, 6.45) is 2.08. The Labute approximate surface area is 99.8 Å². The van der Waals surface area contributed by atoms with Crippen molar-refractivity contribution in [1.29, 1.82) is 0 Å². The van der Waals surface area contributed by atoms with Crippen molar-refractivity contribution in [3.8, 4) is 0 Å². The molecule has 54 valence electrons. The maximum atomic E-state index is 4.25. The fourth-order valence-electron chi connectivity index (χ4n) is 0.645. The van der Waals surface area contributed by atoms with Crippen molar-refractivity contribution in [3.63, 3.8) is 0 Å². The van der Waals surface area contributed by atoms with Gasteiger partial charge in [0.1, 0.15) is 0 Å². The van der Waals surface area contributed by atoms with E-state index in [2.05, 4.69) is 31.7 Å². The maximum Gasteiger partial charge on any atom is 1.00 e. The average molecular weight is 146 g/mol. The Hall–Kier alpha value is 0.0248. The van der Waals surface area contributed by atoms with E-state index in [-0.39, 0.29) is 37.7 Å². The van der Waals surface area contributed by atoms with Gasteiger partial charge in [-0.15, -0.1) is 12.1 Å². The smallest absolute Gasteiger partial charge is 0.521 e. The molecule has 0 radical (unpaired) electrons. The summed E-state index contributed by atoms with van der Waals surface area (Å²) >= 11 is 0. The van der Waals surface area contributed by atoms with E-state index in [0.717, 1.165) is 0 Å². The van der Waals surface area contributed by atoms with Gasteiger partial charge in [0, 0.05) is 0 Å². The van der Waals surface area contributed by atoms with Crippen LogP contribution in [-0.2, 0) is 0 Å². The molecular formula is C10H12Li2. The summed E-state index contributed by atoms with van der Waals surface area (Å²) in [4.78, 5) is 0. The van der Waals surface area contributed by atoms with E-state index in [1.165, 1.54) is 5.56 Å². The zero-order valence-electron chi connectivity index (χ0n) is 8.25.